The molecule has 0 bridgehead atoms. The molecule has 1 aromatic heterocycles. The molecule has 2 aromatic carbocycles. The lowest BCUT2D eigenvalue weighted by Crippen LogP contribution is -2.11. The van der Waals surface area contributed by atoms with Gasteiger partial charge in [-0.25, -0.2) is 0 Å². The van der Waals surface area contributed by atoms with Crippen LogP contribution in [0.4, 0.5) is 11.4 Å². The fraction of sp³-hybridized carbons (Fsp3) is 0.167. The molecule has 0 atom stereocenters. The van der Waals surface area contributed by atoms with Crippen LogP contribution in [0.2, 0.25) is 0 Å². The van der Waals surface area contributed by atoms with Crippen LogP contribution >= 0.6 is 0 Å². The third kappa shape index (κ3) is 3.43. The van der Waals surface area contributed by atoms with Crippen molar-refractivity contribution in [3.8, 4) is 5.75 Å². The zero-order valence-electron chi connectivity index (χ0n) is 13.2. The van der Waals surface area contributed by atoms with Crippen LogP contribution in [0.15, 0.2) is 54.9 Å². The van der Waals surface area contributed by atoms with Crippen LogP contribution in [0.3, 0.4) is 0 Å². The number of non-ortho nitro benzene ring substituents is 1. The van der Waals surface area contributed by atoms with E-state index < -0.39 is 4.92 Å². The highest BCUT2D eigenvalue weighted by Crippen LogP contribution is 2.30. The molecular formula is C18H17N3O3. The lowest BCUT2D eigenvalue weighted by molar-refractivity contribution is -0.383. The first-order valence-corrected chi connectivity index (χ1v) is 7.59. The van der Waals surface area contributed by atoms with E-state index in [-0.39, 0.29) is 5.69 Å². The number of benzene rings is 2. The van der Waals surface area contributed by atoms with Crippen LogP contribution < -0.4 is 10.1 Å². The normalized spacial score (nSPS) is 10.5. The van der Waals surface area contributed by atoms with Crippen molar-refractivity contribution in [2.75, 3.05) is 18.5 Å². The number of nitro benzene ring substituents is 1. The minimum atomic E-state index is -0.394. The molecule has 24 heavy (non-hydrogen) atoms. The molecule has 3 rings (SSSR count). The van der Waals surface area contributed by atoms with Gasteiger partial charge in [0.05, 0.1) is 10.3 Å². The summed E-state index contributed by atoms with van der Waals surface area (Å²) in [6.45, 7) is 3.10. The van der Waals surface area contributed by atoms with Crippen LogP contribution in [0.5, 0.6) is 5.75 Å². The van der Waals surface area contributed by atoms with Gasteiger partial charge in [0.2, 0.25) is 0 Å². The second kappa shape index (κ2) is 6.95. The van der Waals surface area contributed by atoms with E-state index in [1.807, 2.05) is 31.2 Å². The van der Waals surface area contributed by atoms with E-state index in [2.05, 4.69) is 10.3 Å². The topological polar surface area (TPSA) is 77.3 Å². The molecule has 0 saturated carbocycles. The van der Waals surface area contributed by atoms with Gasteiger partial charge in [-0.15, -0.1) is 0 Å². The Bertz CT molecular complexity index is 880. The Hall–Kier alpha value is -3.15. The number of hydrogen-bond acceptors (Lipinski definition) is 5. The Morgan fingerprint density at radius 1 is 1.21 bits per heavy atom. The smallest absolute Gasteiger partial charge is 0.278 e. The van der Waals surface area contributed by atoms with Crippen molar-refractivity contribution in [2.24, 2.45) is 0 Å². The fourth-order valence-corrected chi connectivity index (χ4v) is 2.55. The molecule has 0 fully saturated rings. The van der Waals surface area contributed by atoms with Crippen molar-refractivity contribution in [2.45, 2.75) is 6.92 Å². The number of fused-ring (bicyclic) bond motifs is 1. The van der Waals surface area contributed by atoms with E-state index in [1.54, 1.807) is 18.3 Å². The monoisotopic (exact) mass is 323 g/mol. The molecular weight excluding hydrogens is 306 g/mol. The number of anilines is 1. The number of aromatic nitrogens is 1. The summed E-state index contributed by atoms with van der Waals surface area (Å²) in [7, 11) is 0. The summed E-state index contributed by atoms with van der Waals surface area (Å²) < 4.78 is 5.70. The van der Waals surface area contributed by atoms with Crippen molar-refractivity contribution in [3.63, 3.8) is 0 Å². The van der Waals surface area contributed by atoms with Crippen LogP contribution in [0.1, 0.15) is 5.56 Å². The number of aryl methyl sites for hydroxylation is 1. The van der Waals surface area contributed by atoms with E-state index in [9.17, 15) is 10.1 Å². The maximum absolute atomic E-state index is 11.1. The molecule has 0 aliphatic carbocycles. The number of rotatable bonds is 6. The van der Waals surface area contributed by atoms with Gasteiger partial charge in [-0.3, -0.25) is 15.1 Å². The third-order valence-corrected chi connectivity index (χ3v) is 3.67. The van der Waals surface area contributed by atoms with Crippen molar-refractivity contribution < 1.29 is 9.66 Å². The van der Waals surface area contributed by atoms with Gasteiger partial charge in [0, 0.05) is 36.1 Å². The predicted molar refractivity (Wildman–Crippen MR) is 93.6 cm³/mol. The molecule has 1 heterocycles. The second-order valence-electron chi connectivity index (χ2n) is 5.40. The molecule has 122 valence electrons. The van der Waals surface area contributed by atoms with Gasteiger partial charge >= 0.3 is 0 Å². The molecule has 0 spiro atoms. The predicted octanol–water partition coefficient (Wildman–Crippen LogP) is 3.94. The van der Waals surface area contributed by atoms with Gasteiger partial charge in [0.15, 0.2) is 0 Å². The average Bonchev–Trinajstić information content (AvgIpc) is 2.58. The first-order valence-electron chi connectivity index (χ1n) is 7.59. The van der Waals surface area contributed by atoms with Crippen LogP contribution in [-0.4, -0.2) is 23.1 Å². The standard InChI is InChI=1S/C18H17N3O3/c1-13-3-2-4-14(11-13)24-10-9-20-17-5-6-18(21(22)23)16-12-19-8-7-15(16)17/h2-8,11-12,20H,9-10H2,1H3. The Morgan fingerprint density at radius 2 is 2.08 bits per heavy atom. The zero-order chi connectivity index (χ0) is 16.9. The number of nitrogens with zero attached hydrogens (tertiary/aromatic N) is 2. The molecule has 6 heteroatoms. The summed E-state index contributed by atoms with van der Waals surface area (Å²) >= 11 is 0. The largest absolute Gasteiger partial charge is 0.492 e. The van der Waals surface area contributed by atoms with Gasteiger partial charge in [0.25, 0.3) is 5.69 Å². The molecule has 0 radical (unpaired) electrons. The van der Waals surface area contributed by atoms with E-state index in [4.69, 9.17) is 4.74 Å². The maximum Gasteiger partial charge on any atom is 0.278 e. The van der Waals surface area contributed by atoms with Crippen molar-refractivity contribution in [1.29, 1.82) is 0 Å². The number of pyridine rings is 1. The minimum Gasteiger partial charge on any atom is -0.492 e. The third-order valence-electron chi connectivity index (χ3n) is 3.67. The quantitative estimate of drug-likeness (QED) is 0.422. The molecule has 1 N–H and O–H groups in total. The lowest BCUT2D eigenvalue weighted by atomic mass is 10.1. The van der Waals surface area contributed by atoms with Crippen LogP contribution in [-0.2, 0) is 0 Å². The van der Waals surface area contributed by atoms with E-state index in [1.165, 1.54) is 12.3 Å². The summed E-state index contributed by atoms with van der Waals surface area (Å²) in [6, 6.07) is 12.8. The molecule has 0 aliphatic heterocycles. The molecule has 3 aromatic rings. The molecule has 6 nitrogen and oxygen atoms in total. The fourth-order valence-electron chi connectivity index (χ4n) is 2.55. The SMILES string of the molecule is Cc1cccc(OCCNc2ccc([N+](=O)[O-])c3cnccc23)c1. The van der Waals surface area contributed by atoms with Crippen molar-refractivity contribution >= 4 is 22.1 Å². The maximum atomic E-state index is 11.1. The summed E-state index contributed by atoms with van der Waals surface area (Å²) in [5.41, 5.74) is 2.03. The summed E-state index contributed by atoms with van der Waals surface area (Å²) in [5, 5.41) is 15.7. The van der Waals surface area contributed by atoms with Gasteiger partial charge in [-0.1, -0.05) is 12.1 Å². The molecule has 0 amide bonds. The molecule has 0 aliphatic rings. The van der Waals surface area contributed by atoms with Gasteiger partial charge in [0.1, 0.15) is 12.4 Å². The van der Waals surface area contributed by atoms with Gasteiger partial charge in [-0.2, -0.15) is 0 Å². The zero-order valence-corrected chi connectivity index (χ0v) is 13.2. The first kappa shape index (κ1) is 15.7. The van der Waals surface area contributed by atoms with E-state index >= 15 is 0 Å². The number of ether oxygens (including phenoxy) is 1. The van der Waals surface area contributed by atoms with Crippen LogP contribution in [0.25, 0.3) is 10.8 Å². The highest BCUT2D eigenvalue weighted by molar-refractivity contribution is 5.99. The minimum absolute atomic E-state index is 0.0552. The molecule has 0 unspecified atom stereocenters. The van der Waals surface area contributed by atoms with E-state index in [0.717, 1.165) is 22.4 Å². The van der Waals surface area contributed by atoms with E-state index in [0.29, 0.717) is 18.5 Å². The number of hydrogen-bond donors (Lipinski definition) is 1. The highest BCUT2D eigenvalue weighted by Gasteiger charge is 2.13. The number of nitrogens with one attached hydrogen (secondary N) is 1. The Labute approximate surface area is 139 Å². The van der Waals surface area contributed by atoms with Crippen LogP contribution in [0, 0.1) is 17.0 Å². The number of nitro groups is 1. The summed E-state index contributed by atoms with van der Waals surface area (Å²) in [5.74, 6) is 0.828. The summed E-state index contributed by atoms with van der Waals surface area (Å²) in [4.78, 5) is 14.7. The Morgan fingerprint density at radius 3 is 2.88 bits per heavy atom. The lowest BCUT2D eigenvalue weighted by Gasteiger charge is -2.11. The van der Waals surface area contributed by atoms with Gasteiger partial charge in [-0.05, 0) is 36.8 Å². The first-order chi connectivity index (χ1) is 11.6. The Kier molecular flexibility index (Phi) is 4.56. The highest BCUT2D eigenvalue weighted by atomic mass is 16.6. The second-order valence-corrected chi connectivity index (χ2v) is 5.40. The van der Waals surface area contributed by atoms with Crippen molar-refractivity contribution in [3.05, 3.63) is 70.5 Å². The summed E-state index contributed by atoms with van der Waals surface area (Å²) in [6.07, 6.45) is 3.14. The van der Waals surface area contributed by atoms with Crippen molar-refractivity contribution in [1.82, 2.24) is 4.98 Å². The molecule has 0 saturated heterocycles. The Balaban J connectivity index is 1.69. The van der Waals surface area contributed by atoms with Gasteiger partial charge < -0.3 is 10.1 Å². The average molecular weight is 323 g/mol.